The van der Waals surface area contributed by atoms with E-state index in [4.69, 9.17) is 0 Å². The lowest BCUT2D eigenvalue weighted by Crippen LogP contribution is -2.31. The summed E-state index contributed by atoms with van der Waals surface area (Å²) in [5.41, 5.74) is 0.0524. The summed E-state index contributed by atoms with van der Waals surface area (Å²) in [5.74, 6) is -2.93. The Labute approximate surface area is 153 Å². The first kappa shape index (κ1) is 18.9. The molecule has 1 aromatic carbocycles. The Hall–Kier alpha value is -2.87. The first-order valence-electron chi connectivity index (χ1n) is 8.34. The van der Waals surface area contributed by atoms with Crippen molar-refractivity contribution in [3.63, 3.8) is 0 Å². The molecule has 1 aromatic heterocycles. The molecule has 2 aromatic rings. The van der Waals surface area contributed by atoms with Crippen LogP contribution in [0, 0.1) is 23.4 Å². The molecule has 0 amide bonds. The van der Waals surface area contributed by atoms with E-state index in [1.165, 1.54) is 10.6 Å². The Balaban J connectivity index is 1.94. The van der Waals surface area contributed by atoms with E-state index < -0.39 is 23.0 Å². The van der Waals surface area contributed by atoms with Gasteiger partial charge in [0.2, 0.25) is 11.8 Å². The second-order valence-electron chi connectivity index (χ2n) is 6.38. The van der Waals surface area contributed by atoms with Gasteiger partial charge in [-0.05, 0) is 29.2 Å². The largest absolute Gasteiger partial charge is 0.392 e. The summed E-state index contributed by atoms with van der Waals surface area (Å²) in [6.45, 7) is 1.78. The van der Waals surface area contributed by atoms with Crippen molar-refractivity contribution in [1.82, 2.24) is 9.55 Å². The molecule has 0 saturated carbocycles. The van der Waals surface area contributed by atoms with Crippen LogP contribution in [0.2, 0.25) is 0 Å². The minimum absolute atomic E-state index is 0.0166. The zero-order chi connectivity index (χ0) is 19.6. The SMILES string of the molecule is CC1C=CC(CO)=CC1Nc1nc(=O)c(F)cn1Cc1ccc(F)c(F)c1. The molecule has 3 rings (SSSR count). The number of anilines is 1. The van der Waals surface area contributed by atoms with E-state index in [1.54, 1.807) is 12.2 Å². The summed E-state index contributed by atoms with van der Waals surface area (Å²) in [4.78, 5) is 15.4. The molecule has 8 heteroatoms. The van der Waals surface area contributed by atoms with Crippen molar-refractivity contribution >= 4 is 5.95 Å². The molecule has 2 atom stereocenters. The molecule has 142 valence electrons. The van der Waals surface area contributed by atoms with E-state index in [0.717, 1.165) is 18.3 Å². The van der Waals surface area contributed by atoms with Gasteiger partial charge in [-0.3, -0.25) is 4.79 Å². The van der Waals surface area contributed by atoms with Crippen molar-refractivity contribution < 1.29 is 18.3 Å². The topological polar surface area (TPSA) is 67.2 Å². The van der Waals surface area contributed by atoms with Crippen molar-refractivity contribution in [2.24, 2.45) is 5.92 Å². The Morgan fingerprint density at radius 2 is 2.00 bits per heavy atom. The Morgan fingerprint density at radius 1 is 1.22 bits per heavy atom. The number of aliphatic hydroxyl groups excluding tert-OH is 1. The van der Waals surface area contributed by atoms with Crippen LogP contribution < -0.4 is 10.9 Å². The second kappa shape index (κ2) is 7.79. The number of rotatable bonds is 5. The van der Waals surface area contributed by atoms with Gasteiger partial charge in [-0.15, -0.1) is 0 Å². The zero-order valence-electron chi connectivity index (χ0n) is 14.5. The summed E-state index contributed by atoms with van der Waals surface area (Å²) in [5, 5.41) is 12.4. The smallest absolute Gasteiger partial charge is 0.310 e. The van der Waals surface area contributed by atoms with E-state index in [-0.39, 0.29) is 31.1 Å². The van der Waals surface area contributed by atoms with Crippen LogP contribution >= 0.6 is 0 Å². The summed E-state index contributed by atoms with van der Waals surface area (Å²) in [6, 6.07) is 3.07. The fourth-order valence-corrected chi connectivity index (χ4v) is 2.80. The van der Waals surface area contributed by atoms with Gasteiger partial charge in [0.05, 0.1) is 19.2 Å². The monoisotopic (exact) mass is 377 g/mol. The van der Waals surface area contributed by atoms with Crippen molar-refractivity contribution in [2.45, 2.75) is 19.5 Å². The molecule has 2 N–H and O–H groups in total. The number of nitrogens with one attached hydrogen (secondary N) is 1. The Bertz CT molecular complexity index is 969. The third-order valence-electron chi connectivity index (χ3n) is 4.34. The summed E-state index contributed by atoms with van der Waals surface area (Å²) in [6.07, 6.45) is 6.46. The molecule has 0 spiro atoms. The maximum Gasteiger partial charge on any atom is 0.310 e. The standard InChI is InChI=1S/C19H18F3N3O2/c1-11-2-3-13(10-26)7-17(11)23-19-24-18(27)16(22)9-25(19)8-12-4-5-14(20)15(21)6-12/h2-7,9,11,17,26H,8,10H2,1H3,(H,23,24,27). The highest BCUT2D eigenvalue weighted by Gasteiger charge is 2.19. The highest BCUT2D eigenvalue weighted by atomic mass is 19.2. The predicted octanol–water partition coefficient (Wildman–Crippen LogP) is 2.61. The number of hydrogen-bond acceptors (Lipinski definition) is 4. The van der Waals surface area contributed by atoms with Crippen LogP contribution in [0.15, 0.2) is 53.0 Å². The second-order valence-corrected chi connectivity index (χ2v) is 6.38. The van der Waals surface area contributed by atoms with Gasteiger partial charge in [0.1, 0.15) is 0 Å². The normalized spacial score (nSPS) is 19.1. The number of benzene rings is 1. The minimum atomic E-state index is -1.05. The average Bonchev–Trinajstić information content (AvgIpc) is 2.64. The lowest BCUT2D eigenvalue weighted by atomic mass is 9.93. The fraction of sp³-hybridized carbons (Fsp3) is 0.263. The van der Waals surface area contributed by atoms with Crippen LogP contribution in [-0.2, 0) is 6.54 Å². The molecule has 5 nitrogen and oxygen atoms in total. The van der Waals surface area contributed by atoms with Crippen LogP contribution in [-0.4, -0.2) is 27.3 Å². The van der Waals surface area contributed by atoms with E-state index in [2.05, 4.69) is 10.3 Å². The van der Waals surface area contributed by atoms with Crippen LogP contribution in [0.25, 0.3) is 0 Å². The lowest BCUT2D eigenvalue weighted by Gasteiger charge is -2.25. The van der Waals surface area contributed by atoms with Gasteiger partial charge in [0, 0.05) is 6.20 Å². The molecule has 2 unspecified atom stereocenters. The molecule has 0 radical (unpaired) electrons. The van der Waals surface area contributed by atoms with Gasteiger partial charge >= 0.3 is 5.56 Å². The third kappa shape index (κ3) is 4.28. The maximum absolute atomic E-state index is 13.8. The first-order valence-corrected chi connectivity index (χ1v) is 8.34. The summed E-state index contributed by atoms with van der Waals surface area (Å²) in [7, 11) is 0. The van der Waals surface area contributed by atoms with Crippen molar-refractivity contribution in [3.8, 4) is 0 Å². The van der Waals surface area contributed by atoms with Crippen LogP contribution in [0.5, 0.6) is 0 Å². The Kier molecular flexibility index (Phi) is 5.46. The van der Waals surface area contributed by atoms with E-state index in [0.29, 0.717) is 11.1 Å². The van der Waals surface area contributed by atoms with E-state index in [1.807, 2.05) is 13.0 Å². The van der Waals surface area contributed by atoms with E-state index >= 15 is 0 Å². The molecule has 1 aliphatic carbocycles. The van der Waals surface area contributed by atoms with Gasteiger partial charge in [0.15, 0.2) is 11.6 Å². The van der Waals surface area contributed by atoms with Crippen LogP contribution in [0.4, 0.5) is 19.1 Å². The maximum atomic E-state index is 13.8. The zero-order valence-corrected chi connectivity index (χ0v) is 14.5. The third-order valence-corrected chi connectivity index (χ3v) is 4.34. The van der Waals surface area contributed by atoms with Crippen LogP contribution in [0.3, 0.4) is 0 Å². The molecule has 1 aliphatic rings. The number of aliphatic hydroxyl groups is 1. The number of halogens is 3. The molecular formula is C19H18F3N3O2. The highest BCUT2D eigenvalue weighted by Crippen LogP contribution is 2.20. The molecule has 1 heterocycles. The fourth-order valence-electron chi connectivity index (χ4n) is 2.80. The van der Waals surface area contributed by atoms with Gasteiger partial charge in [0.25, 0.3) is 0 Å². The number of hydrogen-bond donors (Lipinski definition) is 2. The van der Waals surface area contributed by atoms with Gasteiger partial charge in [-0.2, -0.15) is 9.37 Å². The molecule has 0 saturated heterocycles. The highest BCUT2D eigenvalue weighted by molar-refractivity contribution is 5.37. The number of aromatic nitrogens is 2. The lowest BCUT2D eigenvalue weighted by molar-refractivity contribution is 0.333. The number of nitrogens with zero attached hydrogens (tertiary/aromatic N) is 2. The summed E-state index contributed by atoms with van der Waals surface area (Å²) < 4.78 is 41.7. The van der Waals surface area contributed by atoms with Crippen molar-refractivity contribution in [2.75, 3.05) is 11.9 Å². The van der Waals surface area contributed by atoms with Crippen molar-refractivity contribution in [1.29, 1.82) is 0 Å². The molecule has 0 bridgehead atoms. The quantitative estimate of drug-likeness (QED) is 0.841. The molecule has 0 fully saturated rings. The summed E-state index contributed by atoms with van der Waals surface area (Å²) >= 11 is 0. The minimum Gasteiger partial charge on any atom is -0.392 e. The molecule has 0 aliphatic heterocycles. The molecular weight excluding hydrogens is 359 g/mol. The average molecular weight is 377 g/mol. The van der Waals surface area contributed by atoms with Crippen molar-refractivity contribution in [3.05, 3.63) is 81.6 Å². The van der Waals surface area contributed by atoms with Gasteiger partial charge < -0.3 is 15.0 Å². The Morgan fingerprint density at radius 3 is 2.70 bits per heavy atom. The van der Waals surface area contributed by atoms with Gasteiger partial charge in [-0.25, -0.2) is 8.78 Å². The predicted molar refractivity (Wildman–Crippen MR) is 94.8 cm³/mol. The van der Waals surface area contributed by atoms with E-state index in [9.17, 15) is 23.1 Å². The first-order chi connectivity index (χ1) is 12.9. The van der Waals surface area contributed by atoms with Crippen LogP contribution in [0.1, 0.15) is 12.5 Å². The molecule has 27 heavy (non-hydrogen) atoms. The van der Waals surface area contributed by atoms with Gasteiger partial charge in [-0.1, -0.05) is 31.2 Å².